The molecule has 144 valence electrons. The number of halogens is 3. The first-order chi connectivity index (χ1) is 13.1. The number of hydrogen-bond donors (Lipinski definition) is 0. The van der Waals surface area contributed by atoms with Gasteiger partial charge in [-0.3, -0.25) is 4.79 Å². The van der Waals surface area contributed by atoms with Crippen LogP contribution < -0.4 is 5.56 Å². The van der Waals surface area contributed by atoms with Crippen LogP contribution in [0.5, 0.6) is 0 Å². The molecule has 0 fully saturated rings. The summed E-state index contributed by atoms with van der Waals surface area (Å²) in [5.41, 5.74) is -0.662. The second kappa shape index (κ2) is 7.00. The first-order valence-corrected chi connectivity index (χ1v) is 8.35. The Morgan fingerprint density at radius 1 is 1.14 bits per heavy atom. The molecule has 0 saturated heterocycles. The van der Waals surface area contributed by atoms with Crippen molar-refractivity contribution in [2.24, 2.45) is 0 Å². The van der Waals surface area contributed by atoms with Gasteiger partial charge in [0.25, 0.3) is 5.56 Å². The number of aromatic nitrogens is 2. The summed E-state index contributed by atoms with van der Waals surface area (Å²) < 4.78 is 46.8. The molecule has 0 amide bonds. The summed E-state index contributed by atoms with van der Waals surface area (Å²) in [5, 5.41) is 9.21. The molecule has 28 heavy (non-hydrogen) atoms. The number of hydrogen-bond acceptors (Lipinski definition) is 4. The third-order valence-corrected chi connectivity index (χ3v) is 4.22. The standard InChI is InChI=1S/C20H16F3N3O2/c1-11-4-12(2)6-14(5-11)18-7-17(20(21,22)23)16(8-24)19(27)26(18)9-15-10-28-13(3)25-15/h4-7,10H,9H2,1-3H3. The lowest BCUT2D eigenvalue weighted by Gasteiger charge is -2.17. The van der Waals surface area contributed by atoms with Gasteiger partial charge in [0.2, 0.25) is 0 Å². The molecule has 8 heteroatoms. The fraction of sp³-hybridized carbons (Fsp3) is 0.250. The van der Waals surface area contributed by atoms with Gasteiger partial charge in [-0.15, -0.1) is 0 Å². The van der Waals surface area contributed by atoms with Crippen molar-refractivity contribution in [1.82, 2.24) is 9.55 Å². The predicted octanol–water partition coefficient (Wildman–Crippen LogP) is 4.37. The van der Waals surface area contributed by atoms with E-state index in [1.165, 1.54) is 12.3 Å². The van der Waals surface area contributed by atoms with Crippen molar-refractivity contribution in [3.63, 3.8) is 0 Å². The minimum absolute atomic E-state index is 0.0591. The Hall–Kier alpha value is -3.34. The average molecular weight is 387 g/mol. The lowest BCUT2D eigenvalue weighted by molar-refractivity contribution is -0.137. The Morgan fingerprint density at radius 3 is 2.29 bits per heavy atom. The smallest absolute Gasteiger partial charge is 0.417 e. The van der Waals surface area contributed by atoms with Crippen molar-refractivity contribution < 1.29 is 17.6 Å². The molecule has 0 spiro atoms. The summed E-state index contributed by atoms with van der Waals surface area (Å²) in [6.07, 6.45) is -3.50. The van der Waals surface area contributed by atoms with Gasteiger partial charge >= 0.3 is 6.18 Å². The van der Waals surface area contributed by atoms with Crippen LogP contribution >= 0.6 is 0 Å². The molecule has 0 atom stereocenters. The summed E-state index contributed by atoms with van der Waals surface area (Å²) in [7, 11) is 0. The van der Waals surface area contributed by atoms with Crippen LogP contribution in [0.15, 0.2) is 39.7 Å². The van der Waals surface area contributed by atoms with E-state index in [1.807, 2.05) is 19.9 Å². The van der Waals surface area contributed by atoms with E-state index in [4.69, 9.17) is 4.42 Å². The zero-order chi connectivity index (χ0) is 20.6. The van der Waals surface area contributed by atoms with Gasteiger partial charge in [-0.2, -0.15) is 18.4 Å². The second-order valence-electron chi connectivity index (χ2n) is 6.55. The van der Waals surface area contributed by atoms with Crippen LogP contribution in [0.4, 0.5) is 13.2 Å². The van der Waals surface area contributed by atoms with Gasteiger partial charge in [-0.05, 0) is 37.6 Å². The van der Waals surface area contributed by atoms with E-state index < -0.39 is 22.9 Å². The quantitative estimate of drug-likeness (QED) is 0.669. The van der Waals surface area contributed by atoms with Crippen molar-refractivity contribution in [3.05, 3.63) is 74.7 Å². The summed E-state index contributed by atoms with van der Waals surface area (Å²) in [4.78, 5) is 16.9. The van der Waals surface area contributed by atoms with Crippen molar-refractivity contribution in [2.75, 3.05) is 0 Å². The molecule has 0 aliphatic carbocycles. The van der Waals surface area contributed by atoms with Gasteiger partial charge in [0.15, 0.2) is 5.89 Å². The highest BCUT2D eigenvalue weighted by molar-refractivity contribution is 5.64. The van der Waals surface area contributed by atoms with Gasteiger partial charge in [-0.1, -0.05) is 17.2 Å². The molecule has 5 nitrogen and oxygen atoms in total. The van der Waals surface area contributed by atoms with Crippen molar-refractivity contribution in [2.45, 2.75) is 33.5 Å². The Balaban J connectivity index is 2.35. The third kappa shape index (κ3) is 3.69. The second-order valence-corrected chi connectivity index (χ2v) is 6.55. The normalized spacial score (nSPS) is 11.5. The average Bonchev–Trinajstić information content (AvgIpc) is 2.99. The Bertz CT molecular complexity index is 1130. The van der Waals surface area contributed by atoms with Crippen LogP contribution in [0.25, 0.3) is 11.3 Å². The predicted molar refractivity (Wildman–Crippen MR) is 95.7 cm³/mol. The van der Waals surface area contributed by atoms with Gasteiger partial charge in [-0.25, -0.2) is 4.98 Å². The molecule has 0 unspecified atom stereocenters. The number of rotatable bonds is 3. The van der Waals surface area contributed by atoms with Crippen LogP contribution in [0.1, 0.15) is 33.8 Å². The highest BCUT2D eigenvalue weighted by Crippen LogP contribution is 2.34. The van der Waals surface area contributed by atoms with Gasteiger partial charge < -0.3 is 8.98 Å². The van der Waals surface area contributed by atoms with Gasteiger partial charge in [0.05, 0.1) is 23.5 Å². The van der Waals surface area contributed by atoms with Crippen LogP contribution in [-0.4, -0.2) is 9.55 Å². The van der Waals surface area contributed by atoms with Crippen LogP contribution in [0.3, 0.4) is 0 Å². The monoisotopic (exact) mass is 387 g/mol. The number of alkyl halides is 3. The molecule has 2 aromatic heterocycles. The Labute approximate surface area is 158 Å². The molecule has 0 aliphatic rings. The first kappa shape index (κ1) is 19.4. The molecule has 1 aromatic carbocycles. The number of nitrogens with zero attached hydrogens (tertiary/aromatic N) is 3. The topological polar surface area (TPSA) is 71.8 Å². The maximum atomic E-state index is 13.5. The van der Waals surface area contributed by atoms with Crippen LogP contribution in [0, 0.1) is 32.1 Å². The zero-order valence-corrected chi connectivity index (χ0v) is 15.4. The fourth-order valence-corrected chi connectivity index (χ4v) is 3.14. The molecule has 0 radical (unpaired) electrons. The van der Waals surface area contributed by atoms with E-state index in [1.54, 1.807) is 19.1 Å². The van der Waals surface area contributed by atoms with Gasteiger partial charge in [0.1, 0.15) is 17.9 Å². The number of benzene rings is 1. The molecule has 3 aromatic rings. The van der Waals surface area contributed by atoms with E-state index in [0.717, 1.165) is 21.8 Å². The van der Waals surface area contributed by atoms with Crippen LogP contribution in [-0.2, 0) is 12.7 Å². The fourth-order valence-electron chi connectivity index (χ4n) is 3.14. The highest BCUT2D eigenvalue weighted by atomic mass is 19.4. The maximum absolute atomic E-state index is 13.5. The maximum Gasteiger partial charge on any atom is 0.417 e. The molecular formula is C20H16F3N3O2. The number of oxazole rings is 1. The largest absolute Gasteiger partial charge is 0.449 e. The SMILES string of the molecule is Cc1cc(C)cc(-c2cc(C(F)(F)F)c(C#N)c(=O)n2Cc2coc(C)n2)c1. The summed E-state index contributed by atoms with van der Waals surface area (Å²) >= 11 is 0. The van der Waals surface area contributed by atoms with E-state index in [9.17, 15) is 23.2 Å². The molecule has 0 aliphatic heterocycles. The first-order valence-electron chi connectivity index (χ1n) is 8.35. The molecule has 0 bridgehead atoms. The van der Waals surface area contributed by atoms with Crippen molar-refractivity contribution in [1.29, 1.82) is 5.26 Å². The number of pyridine rings is 1. The molecular weight excluding hydrogens is 371 g/mol. The highest BCUT2D eigenvalue weighted by Gasteiger charge is 2.36. The molecule has 2 heterocycles. The minimum atomic E-state index is -4.83. The minimum Gasteiger partial charge on any atom is -0.449 e. The molecule has 0 saturated carbocycles. The molecule has 3 rings (SSSR count). The zero-order valence-electron chi connectivity index (χ0n) is 15.4. The van der Waals surface area contributed by atoms with E-state index in [-0.39, 0.29) is 12.2 Å². The van der Waals surface area contributed by atoms with Crippen molar-refractivity contribution >= 4 is 0 Å². The molecule has 0 N–H and O–H groups in total. The Morgan fingerprint density at radius 2 is 1.79 bits per heavy atom. The summed E-state index contributed by atoms with van der Waals surface area (Å²) in [6.45, 7) is 5.12. The van der Waals surface area contributed by atoms with Gasteiger partial charge in [0, 0.05) is 6.92 Å². The lowest BCUT2D eigenvalue weighted by atomic mass is 10.0. The summed E-state index contributed by atoms with van der Waals surface area (Å²) in [5.74, 6) is 0.364. The van der Waals surface area contributed by atoms with E-state index in [2.05, 4.69) is 4.98 Å². The van der Waals surface area contributed by atoms with Crippen LogP contribution in [0.2, 0.25) is 0 Å². The lowest BCUT2D eigenvalue weighted by Crippen LogP contribution is -2.28. The van der Waals surface area contributed by atoms with Crippen molar-refractivity contribution in [3.8, 4) is 17.3 Å². The third-order valence-electron chi connectivity index (χ3n) is 4.22. The number of nitriles is 1. The summed E-state index contributed by atoms with van der Waals surface area (Å²) in [6, 6.07) is 7.52. The Kier molecular flexibility index (Phi) is 4.86. The number of aryl methyl sites for hydroxylation is 3. The van der Waals surface area contributed by atoms with E-state index >= 15 is 0 Å². The van der Waals surface area contributed by atoms with E-state index in [0.29, 0.717) is 17.1 Å².